The highest BCUT2D eigenvalue weighted by Crippen LogP contribution is 2.49. The van der Waals surface area contributed by atoms with Crippen LogP contribution >= 0.6 is 11.8 Å². The summed E-state index contributed by atoms with van der Waals surface area (Å²) in [5.74, 6) is -16.9. The topological polar surface area (TPSA) is 539 Å². The minimum atomic E-state index is -4.51. The molecule has 2 aromatic carbocycles. The Labute approximate surface area is 736 Å². The van der Waals surface area contributed by atoms with E-state index in [1.807, 2.05) is 38.2 Å². The summed E-state index contributed by atoms with van der Waals surface area (Å²) in [5.41, 5.74) is 12.5. The van der Waals surface area contributed by atoms with E-state index in [1.165, 1.54) is 69.1 Å². The maximum atomic E-state index is 14.1. The summed E-state index contributed by atoms with van der Waals surface area (Å²) in [6.45, 7) is 12.7. The summed E-state index contributed by atoms with van der Waals surface area (Å²) in [6, 6.07) is 8.38. The molecule has 12 N–H and O–H groups in total. The van der Waals surface area contributed by atoms with Crippen LogP contribution < -0.4 is 26.6 Å². The number of imide groups is 1. The number of allylic oxidation sites excluding steroid dienone is 6. The Morgan fingerprint density at radius 2 is 1.23 bits per heavy atom. The van der Waals surface area contributed by atoms with Gasteiger partial charge in [0.15, 0.2) is 28.8 Å². The van der Waals surface area contributed by atoms with Crippen molar-refractivity contribution in [1.82, 2.24) is 40.8 Å². The number of unbranched alkanes of at least 4 members (excludes halogenated alkanes) is 2. The number of amides is 6. The Morgan fingerprint density at radius 1 is 0.651 bits per heavy atom. The molecule has 37 heteroatoms. The fourth-order valence-corrected chi connectivity index (χ4v) is 17.5. The number of H-pyrrole nitrogens is 2. The van der Waals surface area contributed by atoms with Crippen LogP contribution in [0.15, 0.2) is 102 Å². The van der Waals surface area contributed by atoms with E-state index >= 15 is 0 Å². The minimum Gasteiger partial charge on any atom is -0.481 e. The predicted octanol–water partition coefficient (Wildman–Crippen LogP) is 6.09. The number of likely N-dealkylation sites (tertiary alicyclic amines) is 1. The number of aryl methyl sites for hydroxylation is 1. The number of nitrogens with zero attached hydrogens (tertiary/aromatic N) is 5. The van der Waals surface area contributed by atoms with Crippen LogP contribution in [0.4, 0.5) is 11.4 Å². The van der Waals surface area contributed by atoms with Gasteiger partial charge in [-0.2, -0.15) is 13.0 Å². The van der Waals surface area contributed by atoms with Gasteiger partial charge in [-0.05, 0) is 116 Å². The zero-order chi connectivity index (χ0) is 92.9. The molecule has 0 saturated carbocycles. The SMILES string of the molecule is CC(=O)C[C@@H](C(=O)N[C@H](Cc1cnc[nH]1)C(=O)C[C@H](CCC(=O)O)C(=O)CCCOCC(=O)C[C@H](CSC1CC(=O)N(CCCC(=O)CCCCCN2/C(=C/C=C/C=C/C3=[N+](C)c4ccc(C)cc4C3(C)C)C(C)(C)c3cc(S(=O)(=O)O)ccc32)C1=O)C(=O)NCCOCC(=O)C[C@@H](C(=O)N[C@H](Cc1cnc[nH]1)C(=O)C[C@H](CCC(=O)O)C(N)=O)[C@H](C)O)[C@H](C)O. The van der Waals surface area contributed by atoms with Crippen molar-refractivity contribution in [2.75, 3.05) is 63.8 Å². The number of hydrogen-bond acceptors (Lipinski definition) is 25. The number of aliphatic carboxylic acids is 2. The van der Waals surface area contributed by atoms with Crippen molar-refractivity contribution in [2.45, 2.75) is 229 Å². The number of ether oxygens (including phenoxy) is 2. The molecule has 126 heavy (non-hydrogen) atoms. The van der Waals surface area contributed by atoms with Crippen molar-refractivity contribution in [3.05, 3.63) is 126 Å². The van der Waals surface area contributed by atoms with Gasteiger partial charge in [-0.1, -0.05) is 50.1 Å². The number of hydrogen-bond donors (Lipinski definition) is 11. The lowest BCUT2D eigenvalue weighted by Gasteiger charge is -2.27. The lowest BCUT2D eigenvalue weighted by molar-refractivity contribution is -0.401. The number of carbonyl (C=O) groups excluding carboxylic acids is 13. The minimum absolute atomic E-state index is 0.0151. The van der Waals surface area contributed by atoms with Gasteiger partial charge in [-0.3, -0.25) is 76.6 Å². The molecular formula is C89H120N11O24S2+. The van der Waals surface area contributed by atoms with Crippen LogP contribution in [-0.4, -0.2) is 245 Å². The number of anilines is 1. The number of aromatic amines is 2. The third-order valence-electron chi connectivity index (χ3n) is 22.9. The van der Waals surface area contributed by atoms with Gasteiger partial charge in [0.05, 0.1) is 76.9 Å². The molecule has 7 rings (SSSR count). The third kappa shape index (κ3) is 30.5. The van der Waals surface area contributed by atoms with Crippen LogP contribution in [0.2, 0.25) is 0 Å². The maximum absolute atomic E-state index is 14.1. The van der Waals surface area contributed by atoms with Crippen molar-refractivity contribution >= 4 is 127 Å². The predicted molar refractivity (Wildman–Crippen MR) is 463 cm³/mol. The van der Waals surface area contributed by atoms with Crippen LogP contribution in [0.5, 0.6) is 0 Å². The number of thioether (sulfide) groups is 1. The van der Waals surface area contributed by atoms with E-state index in [1.54, 1.807) is 6.07 Å². The summed E-state index contributed by atoms with van der Waals surface area (Å²) in [6.07, 6.45) is 10.3. The first-order valence-corrected chi connectivity index (χ1v) is 44.8. The molecule has 3 aliphatic heterocycles. The highest BCUT2D eigenvalue weighted by atomic mass is 32.2. The van der Waals surface area contributed by atoms with E-state index in [0.29, 0.717) is 37.2 Å². The number of ketones is 7. The maximum Gasteiger partial charge on any atom is 0.303 e. The molecule has 1 saturated heterocycles. The van der Waals surface area contributed by atoms with Crippen molar-refractivity contribution < 1.29 is 119 Å². The second kappa shape index (κ2) is 48.3. The molecule has 0 bridgehead atoms. The molecule has 686 valence electrons. The number of benzene rings is 2. The number of carboxylic acids is 2. The van der Waals surface area contributed by atoms with Gasteiger partial charge in [0, 0.05) is 186 Å². The van der Waals surface area contributed by atoms with Gasteiger partial charge in [0.25, 0.3) is 10.1 Å². The van der Waals surface area contributed by atoms with E-state index in [0.717, 1.165) is 45.0 Å². The quantitative estimate of drug-likeness (QED) is 0.00783. The number of aliphatic hydroxyl groups is 2. The number of aliphatic hydroxyl groups excluding tert-OH is 2. The first kappa shape index (κ1) is 102. The summed E-state index contributed by atoms with van der Waals surface area (Å²) in [4.78, 5) is 214. The number of primary amides is 1. The van der Waals surface area contributed by atoms with E-state index in [4.69, 9.17) is 15.2 Å². The van der Waals surface area contributed by atoms with Crippen LogP contribution in [-0.2, 0) is 115 Å². The van der Waals surface area contributed by atoms with Gasteiger partial charge >= 0.3 is 11.9 Å². The molecule has 0 spiro atoms. The molecular weight excluding hydrogens is 1670 g/mol. The highest BCUT2D eigenvalue weighted by Gasteiger charge is 2.45. The number of fused-ring (bicyclic) bond motifs is 2. The number of nitrogens with two attached hydrogens (primary N) is 1. The standard InChI is InChI=1S/C89H119N11O24S2/c1-53-23-27-72-68(36-53)88(5,6)78(98(72)9)21-13-10-14-22-79-89(7,8)69-44-65(126(120,121)122)26-28-73(69)99(79)32-15-11-12-18-62(104)19-16-33-100-80(110)45-77(87(100)119)125-50-59(84(116)93-31-35-124-49-64(106)43-67(56(4)103)86(118)97-71(42-61-47-92-52-95-61)76(109)40-58(83(90)115)25-30-82(113)114)38-63(105)48-123-34-17-20-74(107)57(24-29-81(111)112)39-75(108)70(41-60-46-91-51-94-60)96-85(117)66(55(3)102)37-54(2)101/h10,13-14,21-23,26-28,36,44,46-47,51-52,55-59,66-67,70-71,77,102-103H,11-12,15-20,24-25,29-35,37-43,45,48-50H2,1-9H3,(H9-,90,91,92,93,94,95,96,97,111,112,113,114,115,116,117,118,120,121,122)/p+1/t55-,56-,57-,58-,59+,66+,67+,70+,71+,77?/m0/s1. The zero-order valence-electron chi connectivity index (χ0n) is 72.9. The van der Waals surface area contributed by atoms with Crippen LogP contribution in [0.25, 0.3) is 0 Å². The highest BCUT2D eigenvalue weighted by molar-refractivity contribution is 8.00. The molecule has 1 unspecified atom stereocenters. The van der Waals surface area contributed by atoms with Gasteiger partial charge in [0.1, 0.15) is 37.6 Å². The number of Topliss-reactive ketones (excluding diaryl/α,β-unsaturated/α-hetero) is 7. The molecule has 5 heterocycles. The molecule has 35 nitrogen and oxygen atoms in total. The van der Waals surface area contributed by atoms with Crippen LogP contribution in [0.1, 0.15) is 192 Å². The Bertz CT molecular complexity index is 4840. The van der Waals surface area contributed by atoms with E-state index < -0.39 is 208 Å². The number of nitrogens with one attached hydrogen (secondary N) is 5. The van der Waals surface area contributed by atoms with E-state index in [9.17, 15) is 105 Å². The summed E-state index contributed by atoms with van der Waals surface area (Å²) < 4.78 is 48.2. The van der Waals surface area contributed by atoms with Crippen molar-refractivity contribution in [3.8, 4) is 0 Å². The average molecular weight is 1790 g/mol. The largest absolute Gasteiger partial charge is 0.481 e. The molecule has 2 aromatic heterocycles. The summed E-state index contributed by atoms with van der Waals surface area (Å²) in [7, 11) is -2.46. The second-order valence-electron chi connectivity index (χ2n) is 33.6. The molecule has 0 radical (unpaired) electrons. The molecule has 4 aromatic rings. The number of carbonyl (C=O) groups is 15. The first-order valence-electron chi connectivity index (χ1n) is 42.3. The summed E-state index contributed by atoms with van der Waals surface area (Å²) >= 11 is 0.957. The molecule has 10 atom stereocenters. The first-order chi connectivity index (χ1) is 59.5. The van der Waals surface area contributed by atoms with Crippen LogP contribution in [0, 0.1) is 36.5 Å². The lowest BCUT2D eigenvalue weighted by atomic mass is 9.81. The number of aromatic nitrogens is 4. The summed E-state index contributed by atoms with van der Waals surface area (Å²) in [5, 5.41) is 46.6. The average Bonchev–Trinajstić information content (AvgIpc) is 1.56. The second-order valence-corrected chi connectivity index (χ2v) is 36.3. The molecule has 3 aliphatic rings. The Morgan fingerprint density at radius 3 is 1.81 bits per heavy atom. The normalized spacial score (nSPS) is 17.3. The molecule has 0 aliphatic carbocycles. The smallest absolute Gasteiger partial charge is 0.303 e. The lowest BCUT2D eigenvalue weighted by Crippen LogP contribution is -2.48. The van der Waals surface area contributed by atoms with Crippen molar-refractivity contribution in [2.24, 2.45) is 35.3 Å². The monoisotopic (exact) mass is 1790 g/mol. The third-order valence-corrected chi connectivity index (χ3v) is 25.1. The molecule has 6 amide bonds. The van der Waals surface area contributed by atoms with E-state index in [2.05, 4.69) is 97.5 Å². The van der Waals surface area contributed by atoms with Gasteiger partial charge in [0.2, 0.25) is 41.1 Å². The fraction of sp³-hybridized carbons (Fsp3) is 0.551. The zero-order valence-corrected chi connectivity index (χ0v) is 74.5. The van der Waals surface area contributed by atoms with Gasteiger partial charge in [-0.25, -0.2) is 9.97 Å². The molecule has 1 fully saturated rings. The van der Waals surface area contributed by atoms with E-state index in [-0.39, 0.29) is 119 Å². The van der Waals surface area contributed by atoms with Crippen LogP contribution in [0.3, 0.4) is 0 Å². The number of rotatable bonds is 59. The fourth-order valence-electron chi connectivity index (χ4n) is 15.8. The Kier molecular flexibility index (Phi) is 39.2. The Balaban J connectivity index is 0.939. The number of carboxylic acid groups (broad SMARTS) is 2. The van der Waals surface area contributed by atoms with Crippen molar-refractivity contribution in [1.29, 1.82) is 0 Å². The van der Waals surface area contributed by atoms with Crippen molar-refractivity contribution in [3.63, 3.8) is 0 Å². The number of imidazole rings is 2. The van der Waals surface area contributed by atoms with Gasteiger partial charge in [-0.15, -0.1) is 11.8 Å². The Hall–Kier alpha value is -10.7. The van der Waals surface area contributed by atoms with Gasteiger partial charge < -0.3 is 71.2 Å².